The third-order valence-corrected chi connectivity index (χ3v) is 12.0. The molecule has 0 bridgehead atoms. The van der Waals surface area contributed by atoms with Crippen LogP contribution in [0.3, 0.4) is 0 Å². The van der Waals surface area contributed by atoms with Gasteiger partial charge in [-0.15, -0.1) is 0 Å². The number of Topliss-reactive ketones (excluding diaryl/α,β-unsaturated/α-hetero) is 1. The Morgan fingerprint density at radius 3 is 0.911 bits per heavy atom. The van der Waals surface area contributed by atoms with Crippen LogP contribution in [0.5, 0.6) is 0 Å². The van der Waals surface area contributed by atoms with E-state index in [2.05, 4.69) is 0 Å². The fourth-order valence-corrected chi connectivity index (χ4v) is 8.49. The van der Waals surface area contributed by atoms with Crippen LogP contribution in [-0.2, 0) is 56.0 Å². The van der Waals surface area contributed by atoms with E-state index in [-0.39, 0.29) is 17.9 Å². The van der Waals surface area contributed by atoms with E-state index in [9.17, 15) is 115 Å². The predicted molar refractivity (Wildman–Crippen MR) is 232 cm³/mol. The Hall–Kier alpha value is -7.75. The number of carbonyl (C=O) groups is 2. The Balaban J connectivity index is 0.000000378. The summed E-state index contributed by atoms with van der Waals surface area (Å²) in [4.78, 5) is 23.3. The molecule has 0 aliphatic rings. The van der Waals surface area contributed by atoms with Crippen molar-refractivity contribution in [3.05, 3.63) is 195 Å². The zero-order valence-corrected chi connectivity index (χ0v) is 38.3. The highest BCUT2D eigenvalue weighted by molar-refractivity contribution is 7.20. The summed E-state index contributed by atoms with van der Waals surface area (Å²) in [5.74, 6) is -0.946. The summed E-state index contributed by atoms with van der Waals surface area (Å²) in [6.45, 7) is 0.216. The summed E-state index contributed by atoms with van der Waals surface area (Å²) in [5.41, 5.74) is -28.5. The third-order valence-electron chi connectivity index (χ3n) is 12.0. The molecule has 0 aliphatic carbocycles. The first-order valence-corrected chi connectivity index (χ1v) is 21.5. The molecule has 29 heteroatoms. The van der Waals surface area contributed by atoms with Gasteiger partial charge in [0.05, 0.1) is 50.1 Å². The maximum atomic E-state index is 14.2. The maximum absolute atomic E-state index is 14.2. The molecule has 0 saturated carbocycles. The summed E-state index contributed by atoms with van der Waals surface area (Å²) < 4.78 is 343. The van der Waals surface area contributed by atoms with Crippen molar-refractivity contribution < 1.29 is 125 Å². The number of pyridine rings is 1. The molecule has 420 valence electrons. The maximum Gasteiger partial charge on any atom is 0.416 e. The third kappa shape index (κ3) is 13.6. The second-order valence-electron chi connectivity index (χ2n) is 17.2. The molecule has 4 nitrogen and oxygen atoms in total. The Bertz CT molecular complexity index is 2990. The molecule has 79 heavy (non-hydrogen) atoms. The predicted octanol–water partition coefficient (Wildman–Crippen LogP) is 13.9. The molecular weight excluding hydrogens is 1130 g/mol. The van der Waals surface area contributed by atoms with Gasteiger partial charge in [-0.25, -0.2) is 4.79 Å². The van der Waals surface area contributed by atoms with Gasteiger partial charge in [0, 0.05) is 23.1 Å². The van der Waals surface area contributed by atoms with E-state index in [4.69, 9.17) is 5.11 Å². The van der Waals surface area contributed by atoms with Gasteiger partial charge in [-0.3, -0.25) is 4.79 Å². The number of fused-ring (bicyclic) bond motifs is 1. The van der Waals surface area contributed by atoms with Gasteiger partial charge in [-0.1, -0.05) is 78.9 Å². The number of ketones is 1. The first kappa shape index (κ1) is 60.5. The lowest BCUT2D eigenvalue weighted by Gasteiger charge is -2.46. The minimum absolute atomic E-state index is 0.0143. The van der Waals surface area contributed by atoms with Crippen molar-refractivity contribution in [2.24, 2.45) is 0 Å². The Kier molecular flexibility index (Phi) is 15.9. The Morgan fingerprint density at radius 2 is 0.646 bits per heavy atom. The van der Waals surface area contributed by atoms with Crippen molar-refractivity contribution in [1.29, 1.82) is 0 Å². The van der Waals surface area contributed by atoms with E-state index >= 15 is 0 Å². The van der Waals surface area contributed by atoms with Gasteiger partial charge in [0.1, 0.15) is 6.15 Å². The number of aromatic carboxylic acids is 1. The first-order valence-electron chi connectivity index (χ1n) is 21.5. The second kappa shape index (κ2) is 20.8. The fraction of sp³-hybridized carbons (Fsp3) is 0.180. The molecule has 7 rings (SSSR count). The largest absolute Gasteiger partial charge is 0.478 e. The highest BCUT2D eigenvalue weighted by atomic mass is 19.4. The summed E-state index contributed by atoms with van der Waals surface area (Å²) in [5, 5.41) is 9.84. The van der Waals surface area contributed by atoms with Crippen LogP contribution in [0, 0.1) is 0 Å². The molecule has 0 amide bonds. The van der Waals surface area contributed by atoms with Gasteiger partial charge in [-0.05, 0) is 42.5 Å². The van der Waals surface area contributed by atoms with Crippen molar-refractivity contribution in [3.63, 3.8) is 0 Å². The van der Waals surface area contributed by atoms with E-state index < -0.39 is 201 Å². The fourth-order valence-electron chi connectivity index (χ4n) is 8.49. The number of benzene rings is 6. The molecule has 0 spiro atoms. The average Bonchev–Trinajstić information content (AvgIpc) is 3.34. The molecule has 0 saturated heterocycles. The zero-order valence-electron chi connectivity index (χ0n) is 38.3. The van der Waals surface area contributed by atoms with Crippen LogP contribution in [0.1, 0.15) is 65.2 Å². The van der Waals surface area contributed by atoms with Crippen LogP contribution in [-0.4, -0.2) is 23.0 Å². The second-order valence-corrected chi connectivity index (χ2v) is 17.2. The van der Waals surface area contributed by atoms with Gasteiger partial charge >= 0.3 is 55.4 Å². The number of hydrogen-bond donors (Lipinski definition) is 1. The molecule has 0 fully saturated rings. The number of aromatic nitrogens is 1. The Morgan fingerprint density at radius 1 is 0.354 bits per heavy atom. The lowest BCUT2D eigenvalue weighted by molar-refractivity contribution is -0.657. The van der Waals surface area contributed by atoms with E-state index in [1.165, 1.54) is 0 Å². The first-order chi connectivity index (χ1) is 35.9. The zero-order chi connectivity index (χ0) is 59.4. The van der Waals surface area contributed by atoms with Crippen molar-refractivity contribution >= 4 is 50.7 Å². The number of hydrogen-bond acceptors (Lipinski definition) is 2. The van der Waals surface area contributed by atoms with Gasteiger partial charge in [0.25, 0.3) is 0 Å². The summed E-state index contributed by atoms with van der Waals surface area (Å²) >= 11 is 0. The monoisotopic (exact) mass is 1160 g/mol. The van der Waals surface area contributed by atoms with E-state index in [0.717, 1.165) is 10.9 Å². The number of carboxylic acids is 1. The average molecular weight is 1160 g/mol. The van der Waals surface area contributed by atoms with Crippen LogP contribution in [0.4, 0.5) is 105 Å². The number of carboxylic acid groups (broad SMARTS) is 1. The highest BCUT2D eigenvalue weighted by Gasteiger charge is 2.47. The van der Waals surface area contributed by atoms with Gasteiger partial charge in [0.15, 0.2) is 6.20 Å². The number of nitrogens with zero attached hydrogens (tertiary/aromatic N) is 1. The summed E-state index contributed by atoms with van der Waals surface area (Å²) in [6, 6.07) is 8.85. The Labute approximate surface area is 426 Å². The minimum Gasteiger partial charge on any atom is -0.478 e. The van der Waals surface area contributed by atoms with Gasteiger partial charge in [-0.2, -0.15) is 132 Å². The minimum atomic E-state index is -6.13. The molecule has 1 heterocycles. The molecule has 0 radical (unpaired) electrons. The molecule has 1 N–H and O–H groups in total. The van der Waals surface area contributed by atoms with Crippen LogP contribution >= 0.6 is 0 Å². The van der Waals surface area contributed by atoms with Crippen LogP contribution in [0.15, 0.2) is 140 Å². The van der Waals surface area contributed by atoms with Crippen LogP contribution in [0.25, 0.3) is 10.9 Å². The van der Waals surface area contributed by atoms with Gasteiger partial charge in [0.2, 0.25) is 17.8 Å². The van der Waals surface area contributed by atoms with Crippen molar-refractivity contribution in [2.75, 3.05) is 0 Å². The van der Waals surface area contributed by atoms with E-state index in [1.54, 1.807) is 30.3 Å². The van der Waals surface area contributed by atoms with E-state index in [0.29, 0.717) is 5.56 Å². The number of halogens is 24. The standard InChI is InChI=1S/C32H12BF24.C18H13NO3/c34-25(35,36)13-1-14(26(37,38)39)6-21(5-13)33(22-7-15(27(40,41)42)2-16(8-22)28(43,44)45,23-9-17(29(46,47)48)3-18(10-23)30(49,50)51)24-11-19(31(52,53)54)4-20(12-24)32(55,56)57;20-17(13-5-2-1-3-6-13)12-19-10-4-7-14-11-15(18(21)22)8-9-16(14)19/h1-12H;1-11H,12H2/q-1;/p+1. The van der Waals surface area contributed by atoms with Gasteiger partial charge < -0.3 is 5.11 Å². The smallest absolute Gasteiger partial charge is 0.416 e. The number of alkyl halides is 24. The lowest BCUT2D eigenvalue weighted by atomic mass is 9.12. The lowest BCUT2D eigenvalue weighted by Crippen LogP contribution is -2.75. The molecule has 1 aromatic heterocycles. The van der Waals surface area contributed by atoms with Crippen molar-refractivity contribution in [3.8, 4) is 0 Å². The summed E-state index contributed by atoms with van der Waals surface area (Å²) in [6.07, 6.45) is -53.0. The molecule has 0 aliphatic heterocycles. The molecule has 7 aromatic rings. The molecular formula is C50H26BF24NO3. The van der Waals surface area contributed by atoms with Crippen molar-refractivity contribution in [1.82, 2.24) is 0 Å². The summed E-state index contributed by atoms with van der Waals surface area (Å²) in [7, 11) is 0. The van der Waals surface area contributed by atoms with Crippen molar-refractivity contribution in [2.45, 2.75) is 56.0 Å². The number of rotatable bonds is 8. The van der Waals surface area contributed by atoms with Crippen LogP contribution < -0.4 is 26.4 Å². The molecule has 6 aromatic carbocycles. The SMILES string of the molecule is FC(F)(F)c1cc([B-](c2cc(C(F)(F)F)cc(C(F)(F)F)c2)(c2cc(C(F)(F)F)cc(C(F)(F)F)c2)c2cc(C(F)(F)F)cc(C(F)(F)F)c2)cc(C(F)(F)F)c1.O=C(O)c1ccc2c(ccc[n+]2CC(=O)c2ccccc2)c1. The number of carbonyl (C=O) groups excluding carboxylic acids is 1. The van der Waals surface area contributed by atoms with Crippen LogP contribution in [0.2, 0.25) is 0 Å². The normalized spacial score (nSPS) is 13.3. The topological polar surface area (TPSA) is 58.2 Å². The quantitative estimate of drug-likeness (QED) is 0.0714. The molecule has 0 atom stereocenters. The highest BCUT2D eigenvalue weighted by Crippen LogP contribution is 2.41. The van der Waals surface area contributed by atoms with E-state index in [1.807, 2.05) is 41.1 Å². The molecule has 0 unspecified atom stereocenters.